The fourth-order valence-electron chi connectivity index (χ4n) is 2.50. The molecule has 0 fully saturated rings. The van der Waals surface area contributed by atoms with Crippen molar-refractivity contribution in [3.05, 3.63) is 52.3 Å². The molecular weight excluding hydrogens is 324 g/mol. The molecule has 1 heterocycles. The standard InChI is InChI=1S/C18H20N2O5/c1-5-25-18(23)15-10(2)14(11(3)19-15)16(21)20-13-8-6-12(7-9-13)17(22)24-4/h6-9,19H,5H2,1-4H3,(H,20,21). The summed E-state index contributed by atoms with van der Waals surface area (Å²) in [5.41, 5.74) is 2.67. The molecule has 1 aromatic heterocycles. The molecule has 1 amide bonds. The summed E-state index contributed by atoms with van der Waals surface area (Å²) in [6, 6.07) is 6.33. The topological polar surface area (TPSA) is 97.5 Å². The van der Waals surface area contributed by atoms with Gasteiger partial charge in [-0.1, -0.05) is 0 Å². The van der Waals surface area contributed by atoms with Gasteiger partial charge in [0.1, 0.15) is 5.69 Å². The number of methoxy groups -OCH3 is 1. The van der Waals surface area contributed by atoms with Gasteiger partial charge in [-0.05, 0) is 50.6 Å². The third-order valence-electron chi connectivity index (χ3n) is 3.71. The number of ether oxygens (including phenoxy) is 2. The zero-order chi connectivity index (χ0) is 18.6. The lowest BCUT2D eigenvalue weighted by Gasteiger charge is -2.07. The van der Waals surface area contributed by atoms with Crippen molar-refractivity contribution in [3.63, 3.8) is 0 Å². The van der Waals surface area contributed by atoms with Gasteiger partial charge in [-0.2, -0.15) is 0 Å². The molecule has 0 bridgehead atoms. The lowest BCUT2D eigenvalue weighted by atomic mass is 10.1. The summed E-state index contributed by atoms with van der Waals surface area (Å²) in [6.45, 7) is 5.37. The number of nitrogens with one attached hydrogen (secondary N) is 2. The van der Waals surface area contributed by atoms with E-state index >= 15 is 0 Å². The number of aryl methyl sites for hydroxylation is 1. The van der Waals surface area contributed by atoms with Crippen LogP contribution in [0.15, 0.2) is 24.3 Å². The minimum atomic E-state index is -0.496. The Bertz CT molecular complexity index is 806. The van der Waals surface area contributed by atoms with Crippen molar-refractivity contribution < 1.29 is 23.9 Å². The summed E-state index contributed by atoms with van der Waals surface area (Å²) in [4.78, 5) is 38.8. The van der Waals surface area contributed by atoms with Crippen molar-refractivity contribution in [3.8, 4) is 0 Å². The second-order valence-corrected chi connectivity index (χ2v) is 5.37. The van der Waals surface area contributed by atoms with Crippen molar-refractivity contribution in [1.29, 1.82) is 0 Å². The summed E-state index contributed by atoms with van der Waals surface area (Å²) in [7, 11) is 1.30. The van der Waals surface area contributed by atoms with Gasteiger partial charge in [0.05, 0.1) is 24.8 Å². The monoisotopic (exact) mass is 344 g/mol. The first-order valence-corrected chi connectivity index (χ1v) is 7.75. The number of H-pyrrole nitrogens is 1. The van der Waals surface area contributed by atoms with Crippen molar-refractivity contribution in [2.24, 2.45) is 0 Å². The average molecular weight is 344 g/mol. The molecule has 0 spiro atoms. The molecule has 0 aliphatic heterocycles. The summed E-state index contributed by atoms with van der Waals surface area (Å²) in [6.07, 6.45) is 0. The maximum Gasteiger partial charge on any atom is 0.355 e. The van der Waals surface area contributed by atoms with E-state index in [9.17, 15) is 14.4 Å². The molecule has 1 aromatic carbocycles. The number of aromatic nitrogens is 1. The van der Waals surface area contributed by atoms with Gasteiger partial charge >= 0.3 is 11.9 Å². The molecule has 0 saturated carbocycles. The van der Waals surface area contributed by atoms with Crippen molar-refractivity contribution >= 4 is 23.5 Å². The van der Waals surface area contributed by atoms with E-state index in [1.807, 2.05) is 0 Å². The molecule has 2 aromatic rings. The number of aromatic amines is 1. The average Bonchev–Trinajstić information content (AvgIpc) is 2.89. The number of amides is 1. The van der Waals surface area contributed by atoms with Crippen LogP contribution in [0.1, 0.15) is 49.4 Å². The summed E-state index contributed by atoms with van der Waals surface area (Å²) >= 11 is 0. The largest absolute Gasteiger partial charge is 0.465 e. The lowest BCUT2D eigenvalue weighted by Crippen LogP contribution is -2.14. The lowest BCUT2D eigenvalue weighted by molar-refractivity contribution is 0.0518. The Labute approximate surface area is 145 Å². The Morgan fingerprint density at radius 1 is 1.08 bits per heavy atom. The summed E-state index contributed by atoms with van der Waals surface area (Å²) < 4.78 is 9.60. The highest BCUT2D eigenvalue weighted by atomic mass is 16.5. The first-order valence-electron chi connectivity index (χ1n) is 7.75. The smallest absolute Gasteiger partial charge is 0.355 e. The molecule has 0 atom stereocenters. The van der Waals surface area contributed by atoms with Crippen LogP contribution in [0.4, 0.5) is 5.69 Å². The SMILES string of the molecule is CCOC(=O)c1[nH]c(C)c(C(=O)Nc2ccc(C(=O)OC)cc2)c1C. The van der Waals surface area contributed by atoms with Crippen molar-refractivity contribution in [1.82, 2.24) is 4.98 Å². The van der Waals surface area contributed by atoms with E-state index in [2.05, 4.69) is 15.0 Å². The second-order valence-electron chi connectivity index (χ2n) is 5.37. The van der Waals surface area contributed by atoms with E-state index < -0.39 is 11.9 Å². The van der Waals surface area contributed by atoms with Gasteiger partial charge in [0.15, 0.2) is 0 Å². The fraction of sp³-hybridized carbons (Fsp3) is 0.278. The van der Waals surface area contributed by atoms with Crippen molar-refractivity contribution in [2.75, 3.05) is 19.0 Å². The minimum absolute atomic E-state index is 0.254. The van der Waals surface area contributed by atoms with E-state index in [0.29, 0.717) is 28.1 Å². The number of esters is 2. The number of anilines is 1. The van der Waals surface area contributed by atoms with Crippen LogP contribution < -0.4 is 5.32 Å². The van der Waals surface area contributed by atoms with Crippen LogP contribution in [0.25, 0.3) is 0 Å². The fourth-order valence-corrected chi connectivity index (χ4v) is 2.50. The highest BCUT2D eigenvalue weighted by Gasteiger charge is 2.22. The third-order valence-corrected chi connectivity index (χ3v) is 3.71. The van der Waals surface area contributed by atoms with E-state index in [-0.39, 0.29) is 18.2 Å². The van der Waals surface area contributed by atoms with Crippen molar-refractivity contribution in [2.45, 2.75) is 20.8 Å². The quantitative estimate of drug-likeness (QED) is 0.813. The minimum Gasteiger partial charge on any atom is -0.465 e. The maximum absolute atomic E-state index is 12.5. The van der Waals surface area contributed by atoms with E-state index in [4.69, 9.17) is 4.74 Å². The first kappa shape index (κ1) is 18.3. The van der Waals surface area contributed by atoms with Gasteiger partial charge in [-0.15, -0.1) is 0 Å². The van der Waals surface area contributed by atoms with Crippen LogP contribution in [-0.4, -0.2) is 36.5 Å². The van der Waals surface area contributed by atoms with Gasteiger partial charge in [-0.25, -0.2) is 9.59 Å². The molecule has 25 heavy (non-hydrogen) atoms. The number of benzene rings is 1. The zero-order valence-corrected chi connectivity index (χ0v) is 14.6. The van der Waals surface area contributed by atoms with Gasteiger partial charge in [-0.3, -0.25) is 4.79 Å². The number of carbonyl (C=O) groups is 3. The molecule has 2 rings (SSSR count). The van der Waals surface area contributed by atoms with Gasteiger partial charge < -0.3 is 19.8 Å². The molecule has 0 radical (unpaired) electrons. The molecule has 0 unspecified atom stereocenters. The molecule has 7 heteroatoms. The number of hydrogen-bond acceptors (Lipinski definition) is 5. The molecule has 0 aliphatic carbocycles. The second kappa shape index (κ2) is 7.65. The Balaban J connectivity index is 2.21. The van der Waals surface area contributed by atoms with Crippen LogP contribution in [0.2, 0.25) is 0 Å². The highest BCUT2D eigenvalue weighted by Crippen LogP contribution is 2.21. The predicted octanol–water partition coefficient (Wildman–Crippen LogP) is 2.85. The van der Waals surface area contributed by atoms with Crippen LogP contribution >= 0.6 is 0 Å². The Kier molecular flexibility index (Phi) is 5.59. The third kappa shape index (κ3) is 3.88. The molecular formula is C18H20N2O5. The van der Waals surface area contributed by atoms with E-state index in [1.165, 1.54) is 7.11 Å². The van der Waals surface area contributed by atoms with Crippen LogP contribution in [0.3, 0.4) is 0 Å². The number of rotatable bonds is 5. The van der Waals surface area contributed by atoms with Crippen LogP contribution in [0.5, 0.6) is 0 Å². The highest BCUT2D eigenvalue weighted by molar-refractivity contribution is 6.08. The first-order chi connectivity index (χ1) is 11.9. The zero-order valence-electron chi connectivity index (χ0n) is 14.6. The molecule has 2 N–H and O–H groups in total. The number of carbonyl (C=O) groups excluding carboxylic acids is 3. The van der Waals surface area contributed by atoms with Crippen LogP contribution in [0, 0.1) is 13.8 Å². The van der Waals surface area contributed by atoms with Gasteiger partial charge in [0.25, 0.3) is 5.91 Å². The normalized spacial score (nSPS) is 10.2. The Morgan fingerprint density at radius 3 is 2.28 bits per heavy atom. The van der Waals surface area contributed by atoms with E-state index in [1.54, 1.807) is 45.0 Å². The summed E-state index contributed by atoms with van der Waals surface area (Å²) in [5, 5.41) is 2.75. The molecule has 0 saturated heterocycles. The Morgan fingerprint density at radius 2 is 1.72 bits per heavy atom. The molecule has 7 nitrogen and oxygen atoms in total. The molecule has 132 valence electrons. The van der Waals surface area contributed by atoms with E-state index in [0.717, 1.165) is 0 Å². The molecule has 0 aliphatic rings. The number of hydrogen-bond donors (Lipinski definition) is 2. The van der Waals surface area contributed by atoms with Gasteiger partial charge in [0, 0.05) is 11.4 Å². The maximum atomic E-state index is 12.5. The van der Waals surface area contributed by atoms with Crippen LogP contribution in [-0.2, 0) is 9.47 Å². The summed E-state index contributed by atoms with van der Waals surface area (Å²) in [5.74, 6) is -1.30. The predicted molar refractivity (Wildman–Crippen MR) is 92.0 cm³/mol. The van der Waals surface area contributed by atoms with Gasteiger partial charge in [0.2, 0.25) is 0 Å². The Hall–Kier alpha value is -3.09.